The molecule has 6 heavy (non-hydrogen) atoms. The van der Waals surface area contributed by atoms with Gasteiger partial charge in [0.05, 0.1) is 5.09 Å². The quantitative estimate of drug-likeness (QED) is 0.175. The molecule has 0 atom stereocenters. The molecule has 0 radical (unpaired) electrons. The van der Waals surface area contributed by atoms with Crippen molar-refractivity contribution in [2.24, 2.45) is 0 Å². The van der Waals surface area contributed by atoms with Crippen LogP contribution in [0, 0.1) is 15.3 Å². The molecule has 0 N–H and O–H groups in total. The molecule has 26 valence electrons. The van der Waals surface area contributed by atoms with Crippen molar-refractivity contribution < 1.29 is 23.9 Å². The fourth-order valence-corrected chi connectivity index (χ4v) is 0. The Balaban J connectivity index is -0.0000000450. The van der Waals surface area contributed by atoms with E-state index in [-0.39, 0.29) is 48.4 Å². The summed E-state index contributed by atoms with van der Waals surface area (Å²) in [6, 6.07) is 0. The van der Waals surface area contributed by atoms with E-state index in [9.17, 15) is 0 Å². The molecular weight excluding hydrogens is 91.9 g/mol. The summed E-state index contributed by atoms with van der Waals surface area (Å²) in [5.41, 5.74) is 0. The van der Waals surface area contributed by atoms with Crippen molar-refractivity contribution in [2.75, 3.05) is 0 Å². The van der Waals surface area contributed by atoms with E-state index in [0.29, 0.717) is 0 Å². The van der Waals surface area contributed by atoms with Gasteiger partial charge >= 0.3 is 48.4 Å². The van der Waals surface area contributed by atoms with Gasteiger partial charge < -0.3 is 15.3 Å². The molecule has 0 aliphatic rings. The molecule has 0 saturated carbocycles. The third-order valence-electron chi connectivity index (χ3n) is 0. The van der Waals surface area contributed by atoms with Gasteiger partial charge in [-0.3, -0.25) is 0 Å². The molecule has 0 rings (SSSR count). The minimum atomic E-state index is -1.75. The fraction of sp³-hybridized carbons (Fsp3) is 0. The Kier molecular flexibility index (Phi) is 24.4. The number of hydrogen-bond donors (Lipinski definition) is 0. The average molecular weight is 92.9 g/mol. The summed E-state index contributed by atoms with van der Waals surface area (Å²) in [7, 11) is 0. The summed E-state index contributed by atoms with van der Waals surface area (Å²) in [6.07, 6.45) is 0. The van der Waals surface area contributed by atoms with Crippen LogP contribution < -0.4 is 18.9 Å². The molecule has 0 amide bonds. The average Bonchev–Trinajstić information content (AvgIpc) is 0.811. The summed E-state index contributed by atoms with van der Waals surface area (Å²) in [5, 5.41) is 14.8. The molecule has 0 fully saturated rings. The zero-order valence-corrected chi connectivity index (χ0v) is 2.67. The first-order valence-corrected chi connectivity index (χ1v) is 0.548. The normalized spacial score (nSPS) is 4.00. The van der Waals surface area contributed by atoms with Gasteiger partial charge in [0, 0.05) is 0 Å². The van der Waals surface area contributed by atoms with Gasteiger partial charge in [-0.05, 0) is 0 Å². The first kappa shape index (κ1) is 15.8. The van der Waals surface area contributed by atoms with E-state index in [1.807, 2.05) is 0 Å². The van der Waals surface area contributed by atoms with Crippen molar-refractivity contribution in [1.82, 2.24) is 0 Å². The number of rotatable bonds is 0. The maximum absolute atomic E-state index is 8.25. The van der Waals surface area contributed by atoms with Crippen molar-refractivity contribution in [3.63, 3.8) is 0 Å². The van der Waals surface area contributed by atoms with E-state index in [0.717, 1.165) is 0 Å². The van der Waals surface area contributed by atoms with Crippen LogP contribution >= 0.6 is 0 Å². The predicted octanol–water partition coefficient (Wildman–Crippen LogP) is -3.88. The Hall–Kier alpha value is 0.797. The second kappa shape index (κ2) is 9.25. The summed E-state index contributed by atoms with van der Waals surface area (Å²) in [6.45, 7) is 0. The van der Waals surface area contributed by atoms with Gasteiger partial charge in [-0.25, -0.2) is 0 Å². The van der Waals surface area contributed by atoms with Crippen LogP contribution in [-0.4, -0.2) is 34.6 Å². The Labute approximate surface area is 68.5 Å². The van der Waals surface area contributed by atoms with Crippen LogP contribution in [0.3, 0.4) is 0 Å². The third kappa shape index (κ3) is 109. The molecule has 0 saturated heterocycles. The number of hydrogen-bond acceptors (Lipinski definition) is 3. The van der Waals surface area contributed by atoms with Gasteiger partial charge in [-0.15, -0.1) is 0 Å². The van der Waals surface area contributed by atoms with Crippen molar-refractivity contribution >= 4 is 29.6 Å². The van der Waals surface area contributed by atoms with Gasteiger partial charge in [0.1, 0.15) is 0 Å². The van der Waals surface area contributed by atoms with Gasteiger partial charge in [0.25, 0.3) is 0 Å². The standard InChI is InChI=1S/Li.NO3.Na.H/c;2-1(3)4;;/q+1;-1;;. The fourth-order valence-electron chi connectivity index (χ4n) is 0. The molecule has 0 spiro atoms. The van der Waals surface area contributed by atoms with Gasteiger partial charge in [0.2, 0.25) is 0 Å². The Morgan fingerprint density at radius 3 is 1.33 bits per heavy atom. The van der Waals surface area contributed by atoms with Crippen LogP contribution in [-0.2, 0) is 0 Å². The maximum atomic E-state index is 8.25. The molecule has 0 heterocycles. The molecule has 0 aromatic heterocycles. The zero-order chi connectivity index (χ0) is 3.58. The molecule has 0 aromatic rings. The van der Waals surface area contributed by atoms with Crippen molar-refractivity contribution in [1.29, 1.82) is 0 Å². The first-order valence-electron chi connectivity index (χ1n) is 0.548. The second-order valence-corrected chi connectivity index (χ2v) is 0.224. The summed E-state index contributed by atoms with van der Waals surface area (Å²) < 4.78 is 0. The Bertz CT molecular complexity index is 33.8. The van der Waals surface area contributed by atoms with E-state index >= 15 is 0 Å². The third-order valence-corrected chi connectivity index (χ3v) is 0. The molecule has 0 aliphatic carbocycles. The molecular formula is HLiNNaO3. The van der Waals surface area contributed by atoms with E-state index in [2.05, 4.69) is 0 Å². The molecule has 0 aromatic carbocycles. The van der Waals surface area contributed by atoms with Crippen LogP contribution in [0.4, 0.5) is 0 Å². The number of nitrogens with zero attached hydrogens (tertiary/aromatic N) is 1. The molecule has 4 nitrogen and oxygen atoms in total. The topological polar surface area (TPSA) is 66.2 Å². The Morgan fingerprint density at radius 1 is 1.33 bits per heavy atom. The van der Waals surface area contributed by atoms with E-state index in [1.165, 1.54) is 0 Å². The molecule has 0 aliphatic heterocycles. The van der Waals surface area contributed by atoms with E-state index in [4.69, 9.17) is 15.3 Å². The monoisotopic (exact) mass is 93.0 g/mol. The van der Waals surface area contributed by atoms with Crippen LogP contribution in [0.15, 0.2) is 0 Å². The summed E-state index contributed by atoms with van der Waals surface area (Å²) in [5.74, 6) is 0. The Morgan fingerprint density at radius 2 is 1.33 bits per heavy atom. The molecule has 0 bridgehead atoms. The zero-order valence-electron chi connectivity index (χ0n) is 2.67. The van der Waals surface area contributed by atoms with Gasteiger partial charge in [-0.1, -0.05) is 0 Å². The van der Waals surface area contributed by atoms with Crippen molar-refractivity contribution in [2.45, 2.75) is 0 Å². The molecule has 6 heteroatoms. The van der Waals surface area contributed by atoms with Crippen LogP contribution in [0.25, 0.3) is 0 Å². The summed E-state index contributed by atoms with van der Waals surface area (Å²) in [4.78, 5) is 8.25. The minimum absolute atomic E-state index is 0. The SMILES string of the molecule is O=[N+]([O-])[O-].[Li+].[NaH]. The van der Waals surface area contributed by atoms with Crippen molar-refractivity contribution in [3.05, 3.63) is 15.3 Å². The predicted molar refractivity (Wildman–Crippen MR) is 17.5 cm³/mol. The first-order chi connectivity index (χ1) is 1.73. The van der Waals surface area contributed by atoms with E-state index in [1.54, 1.807) is 0 Å². The van der Waals surface area contributed by atoms with Crippen LogP contribution in [0.2, 0.25) is 0 Å². The van der Waals surface area contributed by atoms with E-state index < -0.39 is 5.09 Å². The van der Waals surface area contributed by atoms with Gasteiger partial charge in [-0.2, -0.15) is 0 Å². The van der Waals surface area contributed by atoms with Crippen molar-refractivity contribution in [3.8, 4) is 0 Å². The second-order valence-electron chi connectivity index (χ2n) is 0.224. The van der Waals surface area contributed by atoms with Gasteiger partial charge in [0.15, 0.2) is 0 Å². The van der Waals surface area contributed by atoms with Crippen LogP contribution in [0.5, 0.6) is 0 Å². The van der Waals surface area contributed by atoms with Crippen LogP contribution in [0.1, 0.15) is 0 Å². The summed E-state index contributed by atoms with van der Waals surface area (Å²) >= 11 is 0. The molecule has 0 unspecified atom stereocenters.